The van der Waals surface area contributed by atoms with Crippen LogP contribution < -0.4 is 0 Å². The van der Waals surface area contributed by atoms with Gasteiger partial charge in [0.25, 0.3) is 0 Å². The van der Waals surface area contributed by atoms with E-state index in [4.69, 9.17) is 0 Å². The van der Waals surface area contributed by atoms with Gasteiger partial charge in [0.1, 0.15) is 6.54 Å². The summed E-state index contributed by atoms with van der Waals surface area (Å²) in [6, 6.07) is 0. The highest BCUT2D eigenvalue weighted by Gasteiger charge is 2.51. The minimum absolute atomic E-state index is 0.0455. The molecule has 0 saturated carbocycles. The van der Waals surface area contributed by atoms with Crippen LogP contribution in [0.1, 0.15) is 18.9 Å². The van der Waals surface area contributed by atoms with Gasteiger partial charge in [0.2, 0.25) is 0 Å². The molecule has 1 atom stereocenters. The zero-order chi connectivity index (χ0) is 17.6. The highest BCUT2D eigenvalue weighted by atomic mass is 32.2. The van der Waals surface area contributed by atoms with Gasteiger partial charge in [-0.2, -0.15) is 18.3 Å². The largest absolute Gasteiger partial charge is 0.408 e. The van der Waals surface area contributed by atoms with Gasteiger partial charge in [-0.3, -0.25) is 4.68 Å². The Kier molecular flexibility index (Phi) is 4.44. The SMILES string of the molecule is C[C@@H](Cc1cnn(CC(F)(F)F)c1)CN1CCC2(C1)CS(=O)(=O)C2. The van der Waals surface area contributed by atoms with E-state index in [9.17, 15) is 21.6 Å². The number of aromatic nitrogens is 2. The first-order chi connectivity index (χ1) is 11.0. The number of alkyl halides is 3. The zero-order valence-electron chi connectivity index (χ0n) is 13.6. The molecule has 2 saturated heterocycles. The minimum atomic E-state index is -4.26. The van der Waals surface area contributed by atoms with E-state index in [1.54, 1.807) is 0 Å². The Morgan fingerprint density at radius 3 is 2.71 bits per heavy atom. The van der Waals surface area contributed by atoms with Crippen LogP contribution in [0.15, 0.2) is 12.4 Å². The van der Waals surface area contributed by atoms with Crippen LogP contribution in [0, 0.1) is 11.3 Å². The predicted molar refractivity (Wildman–Crippen MR) is 83.3 cm³/mol. The molecule has 0 aliphatic carbocycles. The third-order valence-electron chi connectivity index (χ3n) is 4.75. The van der Waals surface area contributed by atoms with Crippen molar-refractivity contribution in [3.63, 3.8) is 0 Å². The molecule has 136 valence electrons. The topological polar surface area (TPSA) is 55.2 Å². The van der Waals surface area contributed by atoms with E-state index < -0.39 is 22.6 Å². The number of sulfone groups is 1. The van der Waals surface area contributed by atoms with Crippen LogP contribution in [-0.2, 0) is 22.8 Å². The van der Waals surface area contributed by atoms with Gasteiger partial charge in [0, 0.05) is 24.7 Å². The van der Waals surface area contributed by atoms with Gasteiger partial charge in [-0.05, 0) is 30.9 Å². The summed E-state index contributed by atoms with van der Waals surface area (Å²) >= 11 is 0. The maximum absolute atomic E-state index is 12.3. The van der Waals surface area contributed by atoms with Crippen molar-refractivity contribution >= 4 is 9.84 Å². The summed E-state index contributed by atoms with van der Waals surface area (Å²) in [5.74, 6) is 0.879. The third-order valence-corrected chi connectivity index (χ3v) is 6.86. The molecule has 9 heteroatoms. The summed E-state index contributed by atoms with van der Waals surface area (Å²) < 4.78 is 60.8. The minimum Gasteiger partial charge on any atom is -0.302 e. The Hall–Kier alpha value is -1.09. The highest BCUT2D eigenvalue weighted by Crippen LogP contribution is 2.41. The lowest BCUT2D eigenvalue weighted by molar-refractivity contribution is -0.142. The molecule has 2 aliphatic rings. The average molecular weight is 365 g/mol. The van der Waals surface area contributed by atoms with E-state index in [0.717, 1.165) is 36.3 Å². The molecule has 0 N–H and O–H groups in total. The molecule has 2 aliphatic heterocycles. The summed E-state index contributed by atoms with van der Waals surface area (Å²) in [6.07, 6.45) is 0.268. The van der Waals surface area contributed by atoms with Crippen LogP contribution in [0.2, 0.25) is 0 Å². The Morgan fingerprint density at radius 2 is 2.08 bits per heavy atom. The third kappa shape index (κ3) is 4.30. The van der Waals surface area contributed by atoms with Crippen LogP contribution in [0.5, 0.6) is 0 Å². The van der Waals surface area contributed by atoms with Gasteiger partial charge in [-0.15, -0.1) is 0 Å². The molecule has 0 amide bonds. The van der Waals surface area contributed by atoms with E-state index in [-0.39, 0.29) is 11.3 Å². The standard InChI is InChI=1S/C15H22F3N3O2S/c1-12(4-13-5-19-21(7-13)9-15(16,17)18)6-20-3-2-14(8-20)10-24(22,23)11-14/h5,7,12H,2-4,6,8-11H2,1H3/t12-/m0/s1. The smallest absolute Gasteiger partial charge is 0.302 e. The van der Waals surface area contributed by atoms with Gasteiger partial charge in [-0.25, -0.2) is 8.42 Å². The molecule has 3 heterocycles. The number of rotatable bonds is 5. The first-order valence-electron chi connectivity index (χ1n) is 8.05. The van der Waals surface area contributed by atoms with Crippen molar-refractivity contribution in [3.8, 4) is 0 Å². The van der Waals surface area contributed by atoms with Crippen molar-refractivity contribution in [1.82, 2.24) is 14.7 Å². The van der Waals surface area contributed by atoms with Crippen LogP contribution in [0.25, 0.3) is 0 Å². The van der Waals surface area contributed by atoms with Crippen LogP contribution in [0.4, 0.5) is 13.2 Å². The normalized spacial score (nSPS) is 24.2. The number of hydrogen-bond donors (Lipinski definition) is 0. The first-order valence-corrected chi connectivity index (χ1v) is 9.87. The van der Waals surface area contributed by atoms with E-state index in [0.29, 0.717) is 17.9 Å². The molecule has 0 radical (unpaired) electrons. The van der Waals surface area contributed by atoms with Crippen molar-refractivity contribution in [1.29, 1.82) is 0 Å². The molecule has 24 heavy (non-hydrogen) atoms. The fourth-order valence-electron chi connectivity index (χ4n) is 4.00. The van der Waals surface area contributed by atoms with Crippen molar-refractivity contribution < 1.29 is 21.6 Å². The van der Waals surface area contributed by atoms with Gasteiger partial charge in [-0.1, -0.05) is 6.92 Å². The lowest BCUT2D eigenvalue weighted by Crippen LogP contribution is -2.50. The molecule has 5 nitrogen and oxygen atoms in total. The lowest BCUT2D eigenvalue weighted by atomic mass is 9.91. The number of nitrogens with zero attached hydrogens (tertiary/aromatic N) is 3. The second-order valence-corrected chi connectivity index (χ2v) is 9.55. The van der Waals surface area contributed by atoms with Crippen LogP contribution >= 0.6 is 0 Å². The highest BCUT2D eigenvalue weighted by molar-refractivity contribution is 7.92. The maximum Gasteiger partial charge on any atom is 0.408 e. The van der Waals surface area contributed by atoms with E-state index in [1.165, 1.54) is 12.4 Å². The quantitative estimate of drug-likeness (QED) is 0.798. The Balaban J connectivity index is 1.47. The fraction of sp³-hybridized carbons (Fsp3) is 0.800. The summed E-state index contributed by atoms with van der Waals surface area (Å²) in [5, 5.41) is 3.76. The summed E-state index contributed by atoms with van der Waals surface area (Å²) in [5.41, 5.74) is 0.753. The monoisotopic (exact) mass is 365 g/mol. The predicted octanol–water partition coefficient (Wildman–Crippen LogP) is 1.74. The van der Waals surface area contributed by atoms with Crippen molar-refractivity contribution in [2.75, 3.05) is 31.1 Å². The molecular formula is C15H22F3N3O2S. The Labute approximate surface area is 139 Å². The Morgan fingerprint density at radius 1 is 1.38 bits per heavy atom. The van der Waals surface area contributed by atoms with Crippen molar-refractivity contribution in [2.24, 2.45) is 11.3 Å². The van der Waals surface area contributed by atoms with E-state index in [2.05, 4.69) is 16.9 Å². The van der Waals surface area contributed by atoms with Gasteiger partial charge in [0.05, 0.1) is 17.7 Å². The van der Waals surface area contributed by atoms with Crippen molar-refractivity contribution in [3.05, 3.63) is 18.0 Å². The first kappa shape index (κ1) is 17.7. The van der Waals surface area contributed by atoms with E-state index in [1.807, 2.05) is 0 Å². The molecule has 0 bridgehead atoms. The van der Waals surface area contributed by atoms with Gasteiger partial charge < -0.3 is 4.90 Å². The lowest BCUT2D eigenvalue weighted by Gasteiger charge is -2.37. The number of halogens is 3. The number of hydrogen-bond acceptors (Lipinski definition) is 4. The maximum atomic E-state index is 12.3. The van der Waals surface area contributed by atoms with Gasteiger partial charge >= 0.3 is 6.18 Å². The van der Waals surface area contributed by atoms with Crippen LogP contribution in [-0.4, -0.2) is 60.4 Å². The second-order valence-electron chi connectivity index (χ2n) is 7.49. The van der Waals surface area contributed by atoms with Crippen LogP contribution in [0.3, 0.4) is 0 Å². The summed E-state index contributed by atoms with van der Waals surface area (Å²) in [6.45, 7) is 3.53. The number of likely N-dealkylation sites (tertiary alicyclic amines) is 1. The second kappa shape index (κ2) is 6.01. The molecule has 3 rings (SSSR count). The molecule has 2 fully saturated rings. The summed E-state index contributed by atoms with van der Waals surface area (Å²) in [7, 11) is -2.82. The molecule has 0 unspecified atom stereocenters. The van der Waals surface area contributed by atoms with E-state index >= 15 is 0 Å². The Bertz CT molecular complexity index is 687. The average Bonchev–Trinajstić information content (AvgIpc) is 2.93. The molecule has 1 spiro atoms. The molecule has 0 aromatic carbocycles. The molecule has 1 aromatic heterocycles. The van der Waals surface area contributed by atoms with Gasteiger partial charge in [0.15, 0.2) is 9.84 Å². The molecule has 1 aromatic rings. The summed E-state index contributed by atoms with van der Waals surface area (Å²) in [4.78, 5) is 2.28. The zero-order valence-corrected chi connectivity index (χ0v) is 14.4. The van der Waals surface area contributed by atoms with Crippen molar-refractivity contribution in [2.45, 2.75) is 32.5 Å². The fourth-order valence-corrected chi connectivity index (χ4v) is 6.25. The molecular weight excluding hydrogens is 343 g/mol.